The van der Waals surface area contributed by atoms with Crippen LogP contribution in [0.2, 0.25) is 0 Å². The van der Waals surface area contributed by atoms with Gasteiger partial charge in [0.1, 0.15) is 18.9 Å². The summed E-state index contributed by atoms with van der Waals surface area (Å²) >= 11 is 0. The molecule has 11 heteroatoms. The Kier molecular flexibility index (Phi) is 17.5. The summed E-state index contributed by atoms with van der Waals surface area (Å²) in [5.74, 6) is 1.07. The Hall–Kier alpha value is -2.96. The smallest absolute Gasteiger partial charge is 0.261 e. The first kappa shape index (κ1) is 45.4. The molecule has 1 atom stereocenters. The fourth-order valence-electron chi connectivity index (χ4n) is 7.87. The molecule has 0 aromatic heterocycles. The van der Waals surface area contributed by atoms with Crippen molar-refractivity contribution in [2.24, 2.45) is 5.41 Å². The molecule has 3 aromatic rings. The molecular formula is C43H68N3O6S2+. The van der Waals surface area contributed by atoms with E-state index in [-0.39, 0.29) is 17.1 Å². The largest absolute Gasteiger partial charge is 0.489 e. The molecule has 0 bridgehead atoms. The topological polar surface area (TPSA) is 113 Å². The maximum absolute atomic E-state index is 14.1. The third-order valence-electron chi connectivity index (χ3n) is 10.9. The molecule has 2 N–H and O–H groups in total. The molecule has 0 radical (unpaired) electrons. The number of piperazine rings is 1. The predicted octanol–water partition coefficient (Wildman–Crippen LogP) is 8.48. The number of nitrogens with one attached hydrogen (secondary N) is 1. The van der Waals surface area contributed by atoms with Gasteiger partial charge in [0.15, 0.2) is 9.84 Å². The predicted molar refractivity (Wildman–Crippen MR) is 224 cm³/mol. The van der Waals surface area contributed by atoms with Crippen LogP contribution in [0.15, 0.2) is 71.6 Å². The van der Waals surface area contributed by atoms with E-state index in [2.05, 4.69) is 85.6 Å². The number of hydrogen-bond acceptors (Lipinski definition) is 7. The van der Waals surface area contributed by atoms with E-state index >= 15 is 0 Å². The van der Waals surface area contributed by atoms with E-state index in [1.54, 1.807) is 0 Å². The minimum atomic E-state index is -3.67. The van der Waals surface area contributed by atoms with Gasteiger partial charge in [0.05, 0.1) is 36.5 Å². The number of fused-ring (bicyclic) bond motifs is 1. The molecule has 2 aliphatic heterocycles. The number of ether oxygens (including phenoxy) is 1. The van der Waals surface area contributed by atoms with Gasteiger partial charge < -0.3 is 19.4 Å². The maximum atomic E-state index is 14.1. The lowest BCUT2D eigenvalue weighted by Crippen LogP contribution is -2.57. The van der Waals surface area contributed by atoms with Crippen LogP contribution >= 0.6 is 0 Å². The minimum absolute atomic E-state index is 0.00208. The zero-order valence-electron chi connectivity index (χ0n) is 34.2. The van der Waals surface area contributed by atoms with Crippen molar-refractivity contribution >= 4 is 25.6 Å². The van der Waals surface area contributed by atoms with Gasteiger partial charge in [-0.1, -0.05) is 89.8 Å². The van der Waals surface area contributed by atoms with Crippen LogP contribution in [0.5, 0.6) is 5.75 Å². The minimum Gasteiger partial charge on any atom is -0.489 e. The van der Waals surface area contributed by atoms with E-state index in [1.807, 2.05) is 40.1 Å². The van der Waals surface area contributed by atoms with Crippen molar-refractivity contribution in [3.63, 3.8) is 0 Å². The highest BCUT2D eigenvalue weighted by atomic mass is 32.2. The van der Waals surface area contributed by atoms with Crippen LogP contribution in [-0.4, -0.2) is 84.7 Å². The average molecular weight is 787 g/mol. The van der Waals surface area contributed by atoms with Crippen LogP contribution in [-0.2, 0) is 33.1 Å². The second kappa shape index (κ2) is 20.8. The average Bonchev–Trinajstić information content (AvgIpc) is 3.25. The SMILES string of the molecule is CC.CCCCC1(CCCC)C[C@H](c2ccc(OCc3ccc(C[N+]4(CC)CCNCC4)cc3)cc2)c2cc(N(C)C)ccc2S(=O)(=O)C1.CS(=O)(=O)O. The number of anilines is 1. The number of quaternary nitrogens is 1. The van der Waals surface area contributed by atoms with Gasteiger partial charge >= 0.3 is 0 Å². The molecule has 54 heavy (non-hydrogen) atoms. The van der Waals surface area contributed by atoms with Crippen molar-refractivity contribution in [1.29, 1.82) is 0 Å². The number of unbranched alkanes of at least 4 members (excludes halogenated alkanes) is 2. The molecule has 0 amide bonds. The number of nitrogens with zero attached hydrogens (tertiary/aromatic N) is 2. The van der Waals surface area contributed by atoms with Crippen molar-refractivity contribution in [3.05, 3.63) is 89.0 Å². The summed E-state index contributed by atoms with van der Waals surface area (Å²) in [6, 6.07) is 23.3. The zero-order valence-corrected chi connectivity index (χ0v) is 35.9. The standard InChI is InChI=1S/C40H58N3O3S.C2H6.CH4O3S/c1-6-9-21-40(22-10-7-2)28-38(37-27-35(42(4)5)17-20-39(37)47(44,45)31-40)34-15-18-36(19-16-34)46-30-33-13-11-32(12-14-33)29-43(8-3)25-23-41-24-26-43;1-2;1-5(2,3)4/h11-20,27,38,41H,6-10,21-26,28-31H2,1-5H3;1-2H3;1H3,(H,2,3,4)/q+1;;/t38-;;/m1../s1. The first-order valence-electron chi connectivity index (χ1n) is 19.9. The van der Waals surface area contributed by atoms with Gasteiger partial charge in [-0.2, -0.15) is 8.42 Å². The molecule has 2 heterocycles. The van der Waals surface area contributed by atoms with Crippen molar-refractivity contribution in [2.75, 3.05) is 63.7 Å². The van der Waals surface area contributed by atoms with Crippen molar-refractivity contribution in [1.82, 2.24) is 5.32 Å². The van der Waals surface area contributed by atoms with E-state index in [0.29, 0.717) is 17.8 Å². The Morgan fingerprint density at radius 2 is 1.44 bits per heavy atom. The van der Waals surface area contributed by atoms with Crippen molar-refractivity contribution in [2.45, 2.75) is 104 Å². The Balaban J connectivity index is 0.00000103. The quantitative estimate of drug-likeness (QED) is 0.124. The normalized spacial score (nSPS) is 18.4. The molecule has 0 saturated carbocycles. The fourth-order valence-corrected chi connectivity index (χ4v) is 10.1. The summed E-state index contributed by atoms with van der Waals surface area (Å²) in [5, 5.41) is 3.50. The van der Waals surface area contributed by atoms with Crippen molar-refractivity contribution in [3.8, 4) is 5.75 Å². The molecule has 0 spiro atoms. The molecule has 1 saturated heterocycles. The zero-order chi connectivity index (χ0) is 40.0. The van der Waals surface area contributed by atoms with Gasteiger partial charge in [0.25, 0.3) is 10.1 Å². The lowest BCUT2D eigenvalue weighted by atomic mass is 9.70. The first-order valence-corrected chi connectivity index (χ1v) is 23.4. The summed E-state index contributed by atoms with van der Waals surface area (Å²) < 4.78 is 61.5. The number of sulfone groups is 1. The molecule has 1 fully saturated rings. The summed E-state index contributed by atoms with van der Waals surface area (Å²) in [7, 11) is -3.07. The van der Waals surface area contributed by atoms with E-state index < -0.39 is 20.0 Å². The molecular weight excluding hydrogens is 719 g/mol. The Morgan fingerprint density at radius 1 is 0.889 bits per heavy atom. The van der Waals surface area contributed by atoms with Crippen LogP contribution in [0.1, 0.15) is 108 Å². The highest BCUT2D eigenvalue weighted by Crippen LogP contribution is 2.50. The molecule has 3 aromatic carbocycles. The van der Waals surface area contributed by atoms with E-state index in [1.165, 1.54) is 25.2 Å². The summed E-state index contributed by atoms with van der Waals surface area (Å²) in [6.07, 6.45) is 7.70. The second-order valence-electron chi connectivity index (χ2n) is 15.3. The third-order valence-corrected chi connectivity index (χ3v) is 12.9. The van der Waals surface area contributed by atoms with Crippen molar-refractivity contribution < 1.29 is 30.6 Å². The number of benzene rings is 3. The van der Waals surface area contributed by atoms with Gasteiger partial charge in [-0.25, -0.2) is 8.42 Å². The fraction of sp³-hybridized carbons (Fsp3) is 0.581. The van der Waals surface area contributed by atoms with Gasteiger partial charge in [-0.3, -0.25) is 4.55 Å². The van der Waals surface area contributed by atoms with Gasteiger partial charge in [0.2, 0.25) is 0 Å². The van der Waals surface area contributed by atoms with Crippen LogP contribution in [0.3, 0.4) is 0 Å². The molecule has 9 nitrogen and oxygen atoms in total. The molecule has 2 aliphatic rings. The Labute approximate surface area is 327 Å². The molecule has 0 aliphatic carbocycles. The number of hydrogen-bond donors (Lipinski definition) is 2. The molecule has 5 rings (SSSR count). The maximum Gasteiger partial charge on any atom is 0.261 e. The van der Waals surface area contributed by atoms with E-state index in [0.717, 1.165) is 97.2 Å². The highest BCUT2D eigenvalue weighted by Gasteiger charge is 2.43. The van der Waals surface area contributed by atoms with E-state index in [9.17, 15) is 16.8 Å². The number of rotatable bonds is 14. The molecule has 0 unspecified atom stereocenters. The summed E-state index contributed by atoms with van der Waals surface area (Å²) in [6.45, 7) is 18.1. The Bertz CT molecular complexity index is 1770. The van der Waals surface area contributed by atoms with Gasteiger partial charge in [-0.15, -0.1) is 0 Å². The highest BCUT2D eigenvalue weighted by molar-refractivity contribution is 7.91. The summed E-state index contributed by atoms with van der Waals surface area (Å²) in [5.41, 5.74) is 5.44. The van der Waals surface area contributed by atoms with Gasteiger partial charge in [0, 0.05) is 44.4 Å². The summed E-state index contributed by atoms with van der Waals surface area (Å²) in [4.78, 5) is 2.57. The Morgan fingerprint density at radius 3 is 1.96 bits per heavy atom. The second-order valence-corrected chi connectivity index (χ2v) is 18.7. The molecule has 302 valence electrons. The van der Waals surface area contributed by atoms with Gasteiger partial charge in [-0.05, 0) is 78.6 Å². The first-order chi connectivity index (χ1) is 25.6. The third kappa shape index (κ3) is 13.4. The van der Waals surface area contributed by atoms with E-state index in [4.69, 9.17) is 9.29 Å². The van der Waals surface area contributed by atoms with Crippen LogP contribution in [0.25, 0.3) is 0 Å². The number of likely N-dealkylation sites (N-methyl/N-ethyl adjacent to an activating group) is 1. The van der Waals surface area contributed by atoms with Crippen LogP contribution in [0, 0.1) is 5.41 Å². The van der Waals surface area contributed by atoms with Crippen LogP contribution < -0.4 is 15.0 Å². The monoisotopic (exact) mass is 786 g/mol. The van der Waals surface area contributed by atoms with Crippen LogP contribution in [0.4, 0.5) is 5.69 Å². The lowest BCUT2D eigenvalue weighted by molar-refractivity contribution is -0.940. The lowest BCUT2D eigenvalue weighted by Gasteiger charge is -2.41.